The maximum absolute atomic E-state index is 12.4. The van der Waals surface area contributed by atoms with Crippen LogP contribution in [0.5, 0.6) is 0 Å². The van der Waals surface area contributed by atoms with Crippen LogP contribution in [0.15, 0.2) is 36.5 Å². The van der Waals surface area contributed by atoms with E-state index in [1.54, 1.807) is 11.1 Å². The molecule has 0 bridgehead atoms. The molecular formula is C20H25N7O2. The zero-order chi connectivity index (χ0) is 20.4. The third-order valence-corrected chi connectivity index (χ3v) is 5.44. The van der Waals surface area contributed by atoms with Crippen molar-refractivity contribution in [2.24, 2.45) is 5.73 Å². The van der Waals surface area contributed by atoms with E-state index in [-0.39, 0.29) is 17.8 Å². The van der Waals surface area contributed by atoms with Crippen molar-refractivity contribution in [3.05, 3.63) is 42.2 Å². The molecule has 152 valence electrons. The first-order valence-electron chi connectivity index (χ1n) is 9.78. The average molecular weight is 395 g/mol. The van der Waals surface area contributed by atoms with E-state index >= 15 is 0 Å². The van der Waals surface area contributed by atoms with Crippen molar-refractivity contribution in [3.8, 4) is 0 Å². The SMILES string of the molecule is CN1CCN([C@H]2CCCN(c3cnc(C(N)=O)c(Nc4ccccc4)n3)C2)C1=O. The van der Waals surface area contributed by atoms with Gasteiger partial charge in [0, 0.05) is 38.9 Å². The van der Waals surface area contributed by atoms with E-state index in [9.17, 15) is 9.59 Å². The lowest BCUT2D eigenvalue weighted by atomic mass is 10.0. The molecule has 0 aliphatic carbocycles. The summed E-state index contributed by atoms with van der Waals surface area (Å²) in [6, 6.07) is 9.68. The number of aromatic nitrogens is 2. The predicted molar refractivity (Wildman–Crippen MR) is 110 cm³/mol. The Morgan fingerprint density at radius 2 is 2.00 bits per heavy atom. The van der Waals surface area contributed by atoms with Gasteiger partial charge in [0.05, 0.1) is 12.2 Å². The first-order chi connectivity index (χ1) is 14.0. The number of benzene rings is 1. The molecule has 0 unspecified atom stereocenters. The van der Waals surface area contributed by atoms with Crippen molar-refractivity contribution in [2.75, 3.05) is 43.4 Å². The van der Waals surface area contributed by atoms with E-state index in [1.165, 1.54) is 0 Å². The highest BCUT2D eigenvalue weighted by molar-refractivity contribution is 5.96. The summed E-state index contributed by atoms with van der Waals surface area (Å²) in [4.78, 5) is 38.9. The molecule has 2 fully saturated rings. The second-order valence-corrected chi connectivity index (χ2v) is 7.42. The highest BCUT2D eigenvalue weighted by atomic mass is 16.2. The van der Waals surface area contributed by atoms with Crippen molar-refractivity contribution in [1.29, 1.82) is 0 Å². The molecule has 9 nitrogen and oxygen atoms in total. The molecule has 29 heavy (non-hydrogen) atoms. The van der Waals surface area contributed by atoms with E-state index < -0.39 is 5.91 Å². The molecular weight excluding hydrogens is 370 g/mol. The maximum Gasteiger partial charge on any atom is 0.320 e. The van der Waals surface area contributed by atoms with Gasteiger partial charge >= 0.3 is 6.03 Å². The fraction of sp³-hybridized carbons (Fsp3) is 0.400. The minimum atomic E-state index is -0.635. The number of amides is 3. The molecule has 3 amide bonds. The van der Waals surface area contributed by atoms with Gasteiger partial charge < -0.3 is 25.8 Å². The van der Waals surface area contributed by atoms with Crippen LogP contribution in [0.4, 0.5) is 22.1 Å². The van der Waals surface area contributed by atoms with Gasteiger partial charge in [0.1, 0.15) is 5.82 Å². The molecule has 2 aromatic rings. The summed E-state index contributed by atoms with van der Waals surface area (Å²) in [6.07, 6.45) is 3.51. The topological polar surface area (TPSA) is 108 Å². The summed E-state index contributed by atoms with van der Waals surface area (Å²) in [5.74, 6) is 0.364. The molecule has 9 heteroatoms. The van der Waals surface area contributed by atoms with E-state index in [0.29, 0.717) is 18.2 Å². The third kappa shape index (κ3) is 3.94. The Bertz CT molecular complexity index is 905. The van der Waals surface area contributed by atoms with Crippen LogP contribution in [0, 0.1) is 0 Å². The molecule has 0 spiro atoms. The Morgan fingerprint density at radius 1 is 1.21 bits per heavy atom. The van der Waals surface area contributed by atoms with Crippen LogP contribution in [-0.4, -0.2) is 71.0 Å². The van der Waals surface area contributed by atoms with Crippen LogP contribution >= 0.6 is 0 Å². The number of carbonyl (C=O) groups excluding carboxylic acids is 2. The van der Waals surface area contributed by atoms with Gasteiger partial charge in [-0.2, -0.15) is 0 Å². The molecule has 1 aromatic heterocycles. The maximum atomic E-state index is 12.4. The van der Waals surface area contributed by atoms with Crippen LogP contribution in [0.1, 0.15) is 23.3 Å². The van der Waals surface area contributed by atoms with Crippen molar-refractivity contribution in [3.63, 3.8) is 0 Å². The normalized spacial score (nSPS) is 19.6. The van der Waals surface area contributed by atoms with E-state index in [2.05, 4.69) is 20.2 Å². The molecule has 2 aliphatic heterocycles. The third-order valence-electron chi connectivity index (χ3n) is 5.44. The number of likely N-dealkylation sites (N-methyl/N-ethyl adjacent to an activating group) is 1. The van der Waals surface area contributed by atoms with Crippen LogP contribution < -0.4 is 16.0 Å². The smallest absolute Gasteiger partial charge is 0.320 e. The Hall–Kier alpha value is -3.36. The highest BCUT2D eigenvalue weighted by Crippen LogP contribution is 2.26. The quantitative estimate of drug-likeness (QED) is 0.797. The van der Waals surface area contributed by atoms with Crippen molar-refractivity contribution >= 4 is 29.3 Å². The van der Waals surface area contributed by atoms with Crippen molar-refractivity contribution in [1.82, 2.24) is 19.8 Å². The number of carbonyl (C=O) groups is 2. The van der Waals surface area contributed by atoms with E-state index in [1.807, 2.05) is 42.3 Å². The van der Waals surface area contributed by atoms with E-state index in [0.717, 1.165) is 38.2 Å². The van der Waals surface area contributed by atoms with Gasteiger partial charge in [-0.25, -0.2) is 14.8 Å². The molecule has 3 N–H and O–H groups in total. The number of anilines is 3. The lowest BCUT2D eigenvalue weighted by Gasteiger charge is -2.37. The van der Waals surface area contributed by atoms with Gasteiger partial charge in [0.25, 0.3) is 5.91 Å². The van der Waals surface area contributed by atoms with Crippen LogP contribution in [0.25, 0.3) is 0 Å². The molecule has 2 aliphatic rings. The number of nitrogens with two attached hydrogens (primary N) is 1. The number of primary amides is 1. The number of rotatable bonds is 5. The minimum Gasteiger partial charge on any atom is -0.364 e. The van der Waals surface area contributed by atoms with Gasteiger partial charge in [-0.15, -0.1) is 0 Å². The molecule has 1 atom stereocenters. The summed E-state index contributed by atoms with van der Waals surface area (Å²) in [7, 11) is 1.83. The molecule has 3 heterocycles. The number of nitrogens with one attached hydrogen (secondary N) is 1. The Balaban J connectivity index is 1.57. The first kappa shape index (κ1) is 19.0. The predicted octanol–water partition coefficient (Wildman–Crippen LogP) is 1.66. The van der Waals surface area contributed by atoms with Gasteiger partial charge in [-0.1, -0.05) is 18.2 Å². The first-order valence-corrected chi connectivity index (χ1v) is 9.78. The standard InChI is InChI=1S/C20H25N7O2/c1-25-10-11-27(20(25)29)15-8-5-9-26(13-15)16-12-22-17(18(21)28)19(24-16)23-14-6-3-2-4-7-14/h2-4,6-7,12,15H,5,8-11,13H2,1H3,(H2,21,28)(H,23,24)/t15-/m0/s1. The lowest BCUT2D eigenvalue weighted by molar-refractivity contribution is 0.0996. The van der Waals surface area contributed by atoms with Crippen LogP contribution in [0.3, 0.4) is 0 Å². The number of urea groups is 1. The lowest BCUT2D eigenvalue weighted by Crippen LogP contribution is -2.49. The molecule has 0 radical (unpaired) electrons. The Morgan fingerprint density at radius 3 is 2.69 bits per heavy atom. The van der Waals surface area contributed by atoms with Crippen LogP contribution in [0.2, 0.25) is 0 Å². The summed E-state index contributed by atoms with van der Waals surface area (Å²) in [5, 5.41) is 3.14. The Kier molecular flexibility index (Phi) is 5.20. The fourth-order valence-corrected chi connectivity index (χ4v) is 3.88. The second-order valence-electron chi connectivity index (χ2n) is 7.42. The van der Waals surface area contributed by atoms with Crippen molar-refractivity contribution < 1.29 is 9.59 Å². The molecule has 4 rings (SSSR count). The second kappa shape index (κ2) is 7.94. The zero-order valence-corrected chi connectivity index (χ0v) is 16.4. The minimum absolute atomic E-state index is 0.0819. The van der Waals surface area contributed by atoms with Gasteiger partial charge in [-0.05, 0) is 25.0 Å². The largest absolute Gasteiger partial charge is 0.364 e. The summed E-state index contributed by atoms with van der Waals surface area (Å²) >= 11 is 0. The molecule has 0 saturated carbocycles. The summed E-state index contributed by atoms with van der Waals surface area (Å²) < 4.78 is 0. The summed E-state index contributed by atoms with van der Waals surface area (Å²) in [5.41, 5.74) is 6.38. The average Bonchev–Trinajstić information content (AvgIpc) is 3.07. The number of hydrogen-bond acceptors (Lipinski definition) is 6. The molecule has 1 aromatic carbocycles. The molecule has 2 saturated heterocycles. The number of nitrogens with zero attached hydrogens (tertiary/aromatic N) is 5. The van der Waals surface area contributed by atoms with Crippen molar-refractivity contribution in [2.45, 2.75) is 18.9 Å². The fourth-order valence-electron chi connectivity index (χ4n) is 3.88. The van der Waals surface area contributed by atoms with E-state index in [4.69, 9.17) is 5.73 Å². The summed E-state index contributed by atoms with van der Waals surface area (Å²) in [6.45, 7) is 3.02. The Labute approximate surface area is 169 Å². The van der Waals surface area contributed by atoms with Crippen LogP contribution in [-0.2, 0) is 0 Å². The number of piperidine rings is 1. The number of para-hydroxylation sites is 1. The van der Waals surface area contributed by atoms with Gasteiger partial charge in [0.15, 0.2) is 11.5 Å². The zero-order valence-electron chi connectivity index (χ0n) is 16.4. The van der Waals surface area contributed by atoms with Gasteiger partial charge in [-0.3, -0.25) is 4.79 Å². The highest BCUT2D eigenvalue weighted by Gasteiger charge is 2.34. The monoisotopic (exact) mass is 395 g/mol. The van der Waals surface area contributed by atoms with Gasteiger partial charge in [0.2, 0.25) is 0 Å². The number of hydrogen-bond donors (Lipinski definition) is 2.